The summed E-state index contributed by atoms with van der Waals surface area (Å²) in [6, 6.07) is 7.31. The van der Waals surface area contributed by atoms with Crippen LogP contribution in [-0.4, -0.2) is 42.3 Å². The highest BCUT2D eigenvalue weighted by Gasteiger charge is 2.31. The largest absolute Gasteiger partial charge is 0.330 e. The Hall–Kier alpha value is -1.15. The van der Waals surface area contributed by atoms with E-state index in [1.54, 1.807) is 6.07 Å². The van der Waals surface area contributed by atoms with Gasteiger partial charge in [-0.15, -0.1) is 12.4 Å². The maximum atomic E-state index is 12.6. The summed E-state index contributed by atoms with van der Waals surface area (Å²) in [6.07, 6.45) is 1.63. The highest BCUT2D eigenvalue weighted by molar-refractivity contribution is 7.89. The number of hydrogen-bond donors (Lipinski definition) is 2. The average Bonchev–Trinajstić information content (AvgIpc) is 2.92. The molecule has 2 heterocycles. The second-order valence-electron chi connectivity index (χ2n) is 5.14. The zero-order valence-corrected chi connectivity index (χ0v) is 13.2. The summed E-state index contributed by atoms with van der Waals surface area (Å²) in [5.74, 6) is 0.428. The Balaban J connectivity index is 0.00000161. The summed E-state index contributed by atoms with van der Waals surface area (Å²) in [5.41, 5.74) is 7.04. The maximum absolute atomic E-state index is 12.6. The van der Waals surface area contributed by atoms with Crippen LogP contribution in [0.5, 0.6) is 0 Å². The van der Waals surface area contributed by atoms with Crippen molar-refractivity contribution in [3.8, 4) is 0 Å². The van der Waals surface area contributed by atoms with E-state index in [2.05, 4.69) is 9.97 Å². The fourth-order valence-corrected chi connectivity index (χ4v) is 3.95. The van der Waals surface area contributed by atoms with Gasteiger partial charge in [0, 0.05) is 13.1 Å². The van der Waals surface area contributed by atoms with E-state index in [9.17, 15) is 8.42 Å². The second kappa shape index (κ2) is 6.31. The molecule has 0 spiro atoms. The minimum Gasteiger partial charge on any atom is -0.330 e. The predicted octanol–water partition coefficient (Wildman–Crippen LogP) is 1.34. The van der Waals surface area contributed by atoms with Crippen molar-refractivity contribution < 1.29 is 8.42 Å². The molecule has 1 fully saturated rings. The van der Waals surface area contributed by atoms with Crippen LogP contribution in [0.15, 0.2) is 29.4 Å². The van der Waals surface area contributed by atoms with E-state index in [-0.39, 0.29) is 17.6 Å². The van der Waals surface area contributed by atoms with Gasteiger partial charge >= 0.3 is 0 Å². The molecule has 6 nitrogen and oxygen atoms in total. The lowest BCUT2D eigenvalue weighted by molar-refractivity contribution is 0.277. The second-order valence-corrected chi connectivity index (χ2v) is 7.00. The number of para-hydroxylation sites is 2. The van der Waals surface area contributed by atoms with E-state index < -0.39 is 10.0 Å². The molecule has 1 saturated heterocycles. The third-order valence-corrected chi connectivity index (χ3v) is 5.59. The molecule has 3 rings (SSSR count). The normalized spacial score (nSPS) is 17.8. The van der Waals surface area contributed by atoms with E-state index in [1.165, 1.54) is 4.31 Å². The van der Waals surface area contributed by atoms with Gasteiger partial charge < -0.3 is 10.7 Å². The fraction of sp³-hybridized carbons (Fsp3) is 0.462. The minimum absolute atomic E-state index is 0. The van der Waals surface area contributed by atoms with E-state index in [4.69, 9.17) is 5.73 Å². The zero-order chi connectivity index (χ0) is 14.2. The van der Waals surface area contributed by atoms with Crippen LogP contribution in [-0.2, 0) is 10.0 Å². The first kappa shape index (κ1) is 16.2. The number of hydrogen-bond acceptors (Lipinski definition) is 4. The van der Waals surface area contributed by atoms with Crippen LogP contribution >= 0.6 is 12.4 Å². The summed E-state index contributed by atoms with van der Waals surface area (Å²) in [7, 11) is -3.53. The van der Waals surface area contributed by atoms with Crippen molar-refractivity contribution >= 4 is 33.5 Å². The van der Waals surface area contributed by atoms with E-state index >= 15 is 0 Å². The smallest absolute Gasteiger partial charge is 0.276 e. The van der Waals surface area contributed by atoms with Crippen LogP contribution in [0.3, 0.4) is 0 Å². The molecule has 0 atom stereocenters. The molecular formula is C13H19ClN4O2S. The Labute approximate surface area is 130 Å². The SMILES string of the molecule is Cl.NCC1CCN(S(=O)(=O)c2nc3ccccc3[nH]2)CC1. The number of piperidine rings is 1. The van der Waals surface area contributed by atoms with Crippen molar-refractivity contribution in [3.63, 3.8) is 0 Å². The molecule has 1 aliphatic heterocycles. The van der Waals surface area contributed by atoms with Gasteiger partial charge in [0.25, 0.3) is 10.0 Å². The number of halogens is 1. The van der Waals surface area contributed by atoms with Gasteiger partial charge in [0.1, 0.15) is 0 Å². The molecule has 8 heteroatoms. The maximum Gasteiger partial charge on any atom is 0.276 e. The number of nitrogens with two attached hydrogens (primary N) is 1. The van der Waals surface area contributed by atoms with Gasteiger partial charge in [-0.1, -0.05) is 12.1 Å². The number of fused-ring (bicyclic) bond motifs is 1. The Morgan fingerprint density at radius 2 is 1.95 bits per heavy atom. The lowest BCUT2D eigenvalue weighted by atomic mass is 9.99. The summed E-state index contributed by atoms with van der Waals surface area (Å²) in [6.45, 7) is 1.65. The fourth-order valence-electron chi connectivity index (χ4n) is 2.56. The number of sulfonamides is 1. The van der Waals surface area contributed by atoms with Gasteiger partial charge in [-0.05, 0) is 37.4 Å². The molecule has 1 aromatic heterocycles. The van der Waals surface area contributed by atoms with Gasteiger partial charge in [-0.25, -0.2) is 13.4 Å². The molecule has 3 N–H and O–H groups in total. The number of aromatic amines is 1. The van der Waals surface area contributed by atoms with Crippen molar-refractivity contribution in [2.24, 2.45) is 11.7 Å². The van der Waals surface area contributed by atoms with Gasteiger partial charge in [-0.2, -0.15) is 4.31 Å². The molecule has 0 bridgehead atoms. The van der Waals surface area contributed by atoms with Crippen molar-refractivity contribution in [1.29, 1.82) is 0 Å². The van der Waals surface area contributed by atoms with Crippen molar-refractivity contribution in [3.05, 3.63) is 24.3 Å². The first-order valence-electron chi connectivity index (χ1n) is 6.76. The predicted molar refractivity (Wildman–Crippen MR) is 83.9 cm³/mol. The molecule has 0 unspecified atom stereocenters. The molecule has 116 valence electrons. The Bertz CT molecular complexity index is 675. The number of nitrogens with zero attached hydrogens (tertiary/aromatic N) is 2. The topological polar surface area (TPSA) is 92.1 Å². The molecule has 1 aromatic carbocycles. The van der Waals surface area contributed by atoms with Crippen molar-refractivity contribution in [2.45, 2.75) is 18.0 Å². The zero-order valence-electron chi connectivity index (χ0n) is 11.5. The Morgan fingerprint density at radius 1 is 1.29 bits per heavy atom. The molecule has 0 radical (unpaired) electrons. The summed E-state index contributed by atoms with van der Waals surface area (Å²) in [5, 5.41) is 0.0323. The van der Waals surface area contributed by atoms with Gasteiger partial charge in [0.2, 0.25) is 5.16 Å². The third-order valence-electron chi connectivity index (χ3n) is 3.86. The quantitative estimate of drug-likeness (QED) is 0.888. The van der Waals surface area contributed by atoms with Crippen LogP contribution in [0.25, 0.3) is 11.0 Å². The van der Waals surface area contributed by atoms with E-state index in [0.29, 0.717) is 31.1 Å². The first-order valence-corrected chi connectivity index (χ1v) is 8.20. The van der Waals surface area contributed by atoms with Crippen LogP contribution in [0.2, 0.25) is 0 Å². The minimum atomic E-state index is -3.53. The molecule has 21 heavy (non-hydrogen) atoms. The summed E-state index contributed by atoms with van der Waals surface area (Å²) < 4.78 is 26.6. The Kier molecular flexibility index (Phi) is 4.88. The molecule has 2 aromatic rings. The highest BCUT2D eigenvalue weighted by atomic mass is 35.5. The molecule has 0 amide bonds. The number of nitrogens with one attached hydrogen (secondary N) is 1. The lowest BCUT2D eigenvalue weighted by Crippen LogP contribution is -2.40. The highest BCUT2D eigenvalue weighted by Crippen LogP contribution is 2.23. The van der Waals surface area contributed by atoms with Crippen LogP contribution in [0, 0.1) is 5.92 Å². The summed E-state index contributed by atoms with van der Waals surface area (Å²) >= 11 is 0. The van der Waals surface area contributed by atoms with E-state index in [1.807, 2.05) is 18.2 Å². The average molecular weight is 331 g/mol. The molecule has 1 aliphatic rings. The number of H-pyrrole nitrogens is 1. The first-order chi connectivity index (χ1) is 9.61. The molecule has 0 aliphatic carbocycles. The number of benzene rings is 1. The van der Waals surface area contributed by atoms with Crippen molar-refractivity contribution in [1.82, 2.24) is 14.3 Å². The van der Waals surface area contributed by atoms with Crippen LogP contribution in [0.1, 0.15) is 12.8 Å². The van der Waals surface area contributed by atoms with E-state index in [0.717, 1.165) is 18.4 Å². The Morgan fingerprint density at radius 3 is 2.57 bits per heavy atom. The van der Waals surface area contributed by atoms with Gasteiger partial charge in [0.15, 0.2) is 0 Å². The van der Waals surface area contributed by atoms with Crippen LogP contribution < -0.4 is 5.73 Å². The molecular weight excluding hydrogens is 312 g/mol. The standard InChI is InChI=1S/C13H18N4O2S.ClH/c14-9-10-5-7-17(8-6-10)20(18,19)13-15-11-3-1-2-4-12(11)16-13;/h1-4,10H,5-9,14H2,(H,15,16);1H. The number of rotatable bonds is 3. The number of imidazole rings is 1. The van der Waals surface area contributed by atoms with Gasteiger partial charge in [-0.3, -0.25) is 0 Å². The lowest BCUT2D eigenvalue weighted by Gasteiger charge is -2.29. The third kappa shape index (κ3) is 3.06. The summed E-state index contributed by atoms with van der Waals surface area (Å²) in [4.78, 5) is 7.08. The number of aromatic nitrogens is 2. The van der Waals surface area contributed by atoms with Crippen LogP contribution in [0.4, 0.5) is 0 Å². The molecule has 0 saturated carbocycles. The van der Waals surface area contributed by atoms with Crippen molar-refractivity contribution in [2.75, 3.05) is 19.6 Å². The monoisotopic (exact) mass is 330 g/mol. The van der Waals surface area contributed by atoms with Gasteiger partial charge in [0.05, 0.1) is 11.0 Å².